The topological polar surface area (TPSA) is 90.8 Å². The van der Waals surface area contributed by atoms with Crippen molar-refractivity contribution in [3.63, 3.8) is 0 Å². The Kier molecular flexibility index (Phi) is 5.55. The minimum atomic E-state index is -1.98. The van der Waals surface area contributed by atoms with Crippen molar-refractivity contribution in [3.05, 3.63) is 88.5 Å². The molecule has 172 valence electrons. The molecule has 1 unspecified atom stereocenters. The number of methoxy groups -OCH3 is 2. The standard InChI is InChI=1S/C26H22N2O5S/c1-15-4-6-16(7-5-15)12-19-24(17-8-10-20-21(13-17)28-34-27-20)25(29)33-26(19,30)18-9-11-22(31-2)23(14-18)32-3/h4-11,13-14,30H,12H2,1-3H3. The summed E-state index contributed by atoms with van der Waals surface area (Å²) in [7, 11) is 3.05. The van der Waals surface area contributed by atoms with Gasteiger partial charge < -0.3 is 19.3 Å². The predicted molar refractivity (Wildman–Crippen MR) is 129 cm³/mol. The van der Waals surface area contributed by atoms with E-state index in [1.807, 2.05) is 37.3 Å². The zero-order valence-corrected chi connectivity index (χ0v) is 19.7. The highest BCUT2D eigenvalue weighted by Crippen LogP contribution is 2.46. The average Bonchev–Trinajstić information content (AvgIpc) is 3.41. The molecule has 1 N–H and O–H groups in total. The zero-order valence-electron chi connectivity index (χ0n) is 18.9. The fraction of sp³-hybridized carbons (Fsp3) is 0.192. The van der Waals surface area contributed by atoms with Gasteiger partial charge in [0.15, 0.2) is 11.5 Å². The molecule has 1 atom stereocenters. The predicted octanol–water partition coefficient (Wildman–Crippen LogP) is 4.42. The average molecular weight is 475 g/mol. The van der Waals surface area contributed by atoms with Gasteiger partial charge in [0.1, 0.15) is 11.0 Å². The van der Waals surface area contributed by atoms with Crippen LogP contribution >= 0.6 is 11.7 Å². The molecule has 1 aliphatic heterocycles. The molecule has 4 aromatic rings. The Bertz CT molecular complexity index is 1430. The van der Waals surface area contributed by atoms with Gasteiger partial charge in [-0.3, -0.25) is 0 Å². The van der Waals surface area contributed by atoms with Crippen LogP contribution in [0.1, 0.15) is 22.3 Å². The van der Waals surface area contributed by atoms with Crippen LogP contribution in [-0.4, -0.2) is 34.0 Å². The fourth-order valence-electron chi connectivity index (χ4n) is 4.17. The first kappa shape index (κ1) is 22.1. The molecule has 2 heterocycles. The fourth-order valence-corrected chi connectivity index (χ4v) is 4.68. The van der Waals surface area contributed by atoms with Gasteiger partial charge in [0.05, 0.1) is 31.5 Å². The van der Waals surface area contributed by atoms with Crippen molar-refractivity contribution in [3.8, 4) is 11.5 Å². The Balaban J connectivity index is 1.70. The molecule has 0 amide bonds. The Hall–Kier alpha value is -3.75. The van der Waals surface area contributed by atoms with Crippen molar-refractivity contribution < 1.29 is 24.1 Å². The van der Waals surface area contributed by atoms with Crippen molar-refractivity contribution in [1.82, 2.24) is 8.75 Å². The smallest absolute Gasteiger partial charge is 0.342 e. The maximum atomic E-state index is 13.2. The van der Waals surface area contributed by atoms with Crippen LogP contribution in [0.5, 0.6) is 11.5 Å². The summed E-state index contributed by atoms with van der Waals surface area (Å²) in [6, 6.07) is 18.3. The lowest BCUT2D eigenvalue weighted by atomic mass is 9.87. The second kappa shape index (κ2) is 8.55. The van der Waals surface area contributed by atoms with Crippen molar-refractivity contribution in [2.24, 2.45) is 0 Å². The molecule has 0 aliphatic carbocycles. The largest absolute Gasteiger partial charge is 0.493 e. The molecule has 0 saturated carbocycles. The van der Waals surface area contributed by atoms with E-state index in [4.69, 9.17) is 14.2 Å². The van der Waals surface area contributed by atoms with Gasteiger partial charge in [-0.15, -0.1) is 0 Å². The van der Waals surface area contributed by atoms with Crippen LogP contribution in [0.2, 0.25) is 0 Å². The normalized spacial score (nSPS) is 17.8. The van der Waals surface area contributed by atoms with E-state index in [0.717, 1.165) is 28.4 Å². The SMILES string of the molecule is COc1ccc(C2(O)OC(=O)C(c3ccc4nsnc4c3)=C2Cc2ccc(C)cc2)cc1OC. The molecule has 0 bridgehead atoms. The molecule has 7 nitrogen and oxygen atoms in total. The number of nitrogens with zero attached hydrogens (tertiary/aromatic N) is 2. The number of rotatable bonds is 6. The van der Waals surface area contributed by atoms with Crippen LogP contribution < -0.4 is 9.47 Å². The number of aromatic nitrogens is 2. The molecule has 0 fully saturated rings. The van der Waals surface area contributed by atoms with Crippen LogP contribution in [-0.2, 0) is 21.7 Å². The van der Waals surface area contributed by atoms with Gasteiger partial charge >= 0.3 is 5.97 Å². The molecule has 8 heteroatoms. The number of cyclic esters (lactones) is 1. The first-order valence-corrected chi connectivity index (χ1v) is 11.4. The second-order valence-electron chi connectivity index (χ2n) is 8.09. The van der Waals surface area contributed by atoms with E-state index in [2.05, 4.69) is 8.75 Å². The molecular weight excluding hydrogens is 452 g/mol. The lowest BCUT2D eigenvalue weighted by Gasteiger charge is -2.26. The highest BCUT2D eigenvalue weighted by Gasteiger charge is 2.48. The Morgan fingerprint density at radius 2 is 1.68 bits per heavy atom. The van der Waals surface area contributed by atoms with Crippen molar-refractivity contribution in [1.29, 1.82) is 0 Å². The number of hydrogen-bond donors (Lipinski definition) is 1. The van der Waals surface area contributed by atoms with Gasteiger partial charge in [0, 0.05) is 17.6 Å². The molecule has 1 aliphatic rings. The molecular formula is C26H22N2O5S. The summed E-state index contributed by atoms with van der Waals surface area (Å²) >= 11 is 1.11. The molecule has 5 rings (SSSR count). The van der Waals surface area contributed by atoms with E-state index in [1.165, 1.54) is 14.2 Å². The summed E-state index contributed by atoms with van der Waals surface area (Å²) in [5.41, 5.74) is 5.22. The highest BCUT2D eigenvalue weighted by molar-refractivity contribution is 7.00. The van der Waals surface area contributed by atoms with Gasteiger partial charge in [-0.1, -0.05) is 35.9 Å². The number of benzene rings is 3. The Morgan fingerprint density at radius 3 is 2.41 bits per heavy atom. The van der Waals surface area contributed by atoms with E-state index in [0.29, 0.717) is 45.7 Å². The van der Waals surface area contributed by atoms with Crippen LogP contribution in [0.25, 0.3) is 16.6 Å². The van der Waals surface area contributed by atoms with Gasteiger partial charge in [0.25, 0.3) is 5.79 Å². The molecule has 0 spiro atoms. The molecule has 1 aromatic heterocycles. The third-order valence-electron chi connectivity index (χ3n) is 5.97. The van der Waals surface area contributed by atoms with E-state index in [1.54, 1.807) is 30.3 Å². The van der Waals surface area contributed by atoms with Crippen LogP contribution in [0.15, 0.2) is 66.2 Å². The number of aliphatic hydroxyl groups is 1. The van der Waals surface area contributed by atoms with E-state index >= 15 is 0 Å². The molecule has 0 radical (unpaired) electrons. The monoisotopic (exact) mass is 474 g/mol. The van der Waals surface area contributed by atoms with Crippen LogP contribution in [0, 0.1) is 6.92 Å². The molecule has 0 saturated heterocycles. The maximum absolute atomic E-state index is 13.2. The number of carbonyl (C=O) groups is 1. The van der Waals surface area contributed by atoms with E-state index < -0.39 is 11.8 Å². The number of fused-ring (bicyclic) bond motifs is 1. The number of hydrogen-bond acceptors (Lipinski definition) is 8. The second-order valence-corrected chi connectivity index (χ2v) is 8.62. The summed E-state index contributed by atoms with van der Waals surface area (Å²) in [6.07, 6.45) is 0.305. The van der Waals surface area contributed by atoms with Crippen LogP contribution in [0.3, 0.4) is 0 Å². The van der Waals surface area contributed by atoms with Gasteiger partial charge in [-0.25, -0.2) is 4.79 Å². The summed E-state index contributed by atoms with van der Waals surface area (Å²) < 4.78 is 25.0. The van der Waals surface area contributed by atoms with Gasteiger partial charge in [0.2, 0.25) is 0 Å². The highest BCUT2D eigenvalue weighted by atomic mass is 32.1. The third kappa shape index (κ3) is 3.70. The van der Waals surface area contributed by atoms with Crippen molar-refractivity contribution in [2.45, 2.75) is 19.1 Å². The first-order valence-electron chi connectivity index (χ1n) is 10.6. The lowest BCUT2D eigenvalue weighted by Crippen LogP contribution is -2.29. The maximum Gasteiger partial charge on any atom is 0.342 e. The summed E-state index contributed by atoms with van der Waals surface area (Å²) in [6.45, 7) is 2.01. The number of esters is 1. The summed E-state index contributed by atoms with van der Waals surface area (Å²) in [4.78, 5) is 13.2. The number of ether oxygens (including phenoxy) is 3. The third-order valence-corrected chi connectivity index (χ3v) is 6.53. The van der Waals surface area contributed by atoms with E-state index in [9.17, 15) is 9.90 Å². The molecule has 3 aromatic carbocycles. The lowest BCUT2D eigenvalue weighted by molar-refractivity contribution is -0.185. The summed E-state index contributed by atoms with van der Waals surface area (Å²) in [5.74, 6) is -1.67. The number of carbonyl (C=O) groups excluding carboxylic acids is 1. The molecule has 34 heavy (non-hydrogen) atoms. The summed E-state index contributed by atoms with van der Waals surface area (Å²) in [5, 5.41) is 11.9. The number of aryl methyl sites for hydroxylation is 1. The minimum absolute atomic E-state index is 0.305. The quantitative estimate of drug-likeness (QED) is 0.414. The Morgan fingerprint density at radius 1 is 0.941 bits per heavy atom. The van der Waals surface area contributed by atoms with Gasteiger partial charge in [-0.05, 0) is 48.4 Å². The van der Waals surface area contributed by atoms with Gasteiger partial charge in [-0.2, -0.15) is 8.75 Å². The van der Waals surface area contributed by atoms with Crippen molar-refractivity contribution in [2.75, 3.05) is 14.2 Å². The minimum Gasteiger partial charge on any atom is -0.493 e. The van der Waals surface area contributed by atoms with Crippen LogP contribution in [0.4, 0.5) is 0 Å². The first-order chi connectivity index (χ1) is 16.4. The Labute approximate surface area is 200 Å². The van der Waals surface area contributed by atoms with Crippen molar-refractivity contribution >= 4 is 34.3 Å². The zero-order chi connectivity index (χ0) is 23.9. The van der Waals surface area contributed by atoms with E-state index in [-0.39, 0.29) is 0 Å².